The number of hydrogen-bond acceptors (Lipinski definition) is 15. The van der Waals surface area contributed by atoms with Crippen LogP contribution >= 0.6 is 0 Å². The van der Waals surface area contributed by atoms with Gasteiger partial charge in [-0.15, -0.1) is 0 Å². The van der Waals surface area contributed by atoms with Gasteiger partial charge in [0.15, 0.2) is 39.2 Å². The Kier molecular flexibility index (Phi) is 12.5. The third-order valence-corrected chi connectivity index (χ3v) is 11.8. The molecule has 6 unspecified atom stereocenters. The van der Waals surface area contributed by atoms with Crippen LogP contribution in [0.4, 0.5) is 0 Å². The highest BCUT2D eigenvalue weighted by molar-refractivity contribution is 6.74. The summed E-state index contributed by atoms with van der Waals surface area (Å²) in [5.74, 6) is -3.21. The van der Waals surface area contributed by atoms with Crippen LogP contribution in [-0.2, 0) is 56.8 Å². The standard InChI is InChI=1S/C26H44O15Si/c1-12(27)34-10-17-20(36-13(2)28)22(37-14(3)29)23(38-15(4)30)25(40-17)41-21-18(31)16(39-24(33)19(21)32)11-35-42(8,9)26(5,6)7/h16-25,31-33H,10-11H2,1-9H3/t16?,17?,18-,19?,20+,21?,22?,23?,24+,25-/m0/s1. The summed E-state index contributed by atoms with van der Waals surface area (Å²) >= 11 is 0. The average molecular weight is 625 g/mol. The lowest BCUT2D eigenvalue weighted by molar-refractivity contribution is -0.356. The normalized spacial score (nSPS) is 33.8. The fourth-order valence-electron chi connectivity index (χ4n) is 4.17. The predicted molar refractivity (Wildman–Crippen MR) is 143 cm³/mol. The van der Waals surface area contributed by atoms with Gasteiger partial charge < -0.3 is 52.9 Å². The Morgan fingerprint density at radius 2 is 1.21 bits per heavy atom. The molecular formula is C26H44O15Si. The third kappa shape index (κ3) is 9.41. The van der Waals surface area contributed by atoms with Crippen LogP contribution in [0.3, 0.4) is 0 Å². The van der Waals surface area contributed by atoms with Crippen molar-refractivity contribution in [2.75, 3.05) is 13.2 Å². The van der Waals surface area contributed by atoms with Crippen LogP contribution in [0, 0.1) is 0 Å². The second-order valence-electron chi connectivity index (χ2n) is 11.8. The van der Waals surface area contributed by atoms with Gasteiger partial charge in [0.2, 0.25) is 0 Å². The molecule has 0 aromatic carbocycles. The molecule has 42 heavy (non-hydrogen) atoms. The molecule has 15 nitrogen and oxygen atoms in total. The predicted octanol–water partition coefficient (Wildman–Crippen LogP) is -0.0845. The fraction of sp³-hybridized carbons (Fsp3) is 0.846. The van der Waals surface area contributed by atoms with Crippen molar-refractivity contribution in [2.24, 2.45) is 0 Å². The van der Waals surface area contributed by atoms with E-state index in [4.69, 9.17) is 37.6 Å². The molecule has 0 aromatic heterocycles. The van der Waals surface area contributed by atoms with E-state index in [9.17, 15) is 34.5 Å². The molecule has 2 aliphatic rings. The number of rotatable bonds is 10. The molecular weight excluding hydrogens is 580 g/mol. The lowest BCUT2D eigenvalue weighted by Gasteiger charge is -2.47. The van der Waals surface area contributed by atoms with Crippen LogP contribution in [0.15, 0.2) is 0 Å². The highest BCUT2D eigenvalue weighted by Crippen LogP contribution is 2.38. The Hall–Kier alpha value is -2.18. The van der Waals surface area contributed by atoms with Gasteiger partial charge in [0.25, 0.3) is 0 Å². The summed E-state index contributed by atoms with van der Waals surface area (Å²) in [4.78, 5) is 47.6. The van der Waals surface area contributed by atoms with E-state index in [0.29, 0.717) is 0 Å². The van der Waals surface area contributed by atoms with Gasteiger partial charge in [-0.25, -0.2) is 0 Å². The summed E-state index contributed by atoms with van der Waals surface area (Å²) in [5, 5.41) is 32.2. The van der Waals surface area contributed by atoms with Crippen LogP contribution in [0.25, 0.3) is 0 Å². The van der Waals surface area contributed by atoms with Crippen LogP contribution in [0.2, 0.25) is 18.1 Å². The molecule has 0 saturated carbocycles. The number of carbonyl (C=O) groups excluding carboxylic acids is 4. The maximum atomic E-state index is 12.1. The van der Waals surface area contributed by atoms with Crippen molar-refractivity contribution < 1.29 is 72.1 Å². The highest BCUT2D eigenvalue weighted by Gasteiger charge is 2.55. The molecule has 0 radical (unpaired) electrons. The molecule has 0 spiro atoms. The minimum absolute atomic E-state index is 0.139. The first-order valence-electron chi connectivity index (χ1n) is 13.5. The van der Waals surface area contributed by atoms with Crippen LogP contribution in [-0.4, -0.2) is 122 Å². The molecule has 3 N–H and O–H groups in total. The van der Waals surface area contributed by atoms with E-state index in [0.717, 1.165) is 27.7 Å². The summed E-state index contributed by atoms with van der Waals surface area (Å²) in [6.07, 6.45) is -15.5. The molecule has 2 saturated heterocycles. The number of aliphatic hydroxyl groups is 3. The summed E-state index contributed by atoms with van der Waals surface area (Å²) in [7, 11) is -2.31. The summed E-state index contributed by atoms with van der Waals surface area (Å²) in [5.41, 5.74) is 0. The zero-order valence-corrected chi connectivity index (χ0v) is 26.4. The van der Waals surface area contributed by atoms with E-state index in [2.05, 4.69) is 0 Å². The van der Waals surface area contributed by atoms with Crippen molar-refractivity contribution in [1.82, 2.24) is 0 Å². The van der Waals surface area contributed by atoms with Crippen molar-refractivity contribution in [3.63, 3.8) is 0 Å². The number of ether oxygens (including phenoxy) is 7. The average Bonchev–Trinajstić information content (AvgIpc) is 2.83. The molecule has 2 rings (SSSR count). The number of carbonyl (C=O) groups is 4. The highest BCUT2D eigenvalue weighted by atomic mass is 28.4. The van der Waals surface area contributed by atoms with E-state index < -0.39 is 100 Å². The fourth-order valence-corrected chi connectivity index (χ4v) is 5.19. The molecule has 2 fully saturated rings. The third-order valence-electron chi connectivity index (χ3n) is 7.31. The first-order valence-corrected chi connectivity index (χ1v) is 16.5. The van der Waals surface area contributed by atoms with Gasteiger partial charge in [-0.1, -0.05) is 20.8 Å². The molecule has 0 amide bonds. The first kappa shape index (κ1) is 36.0. The number of aliphatic hydroxyl groups excluding tert-OH is 3. The zero-order valence-electron chi connectivity index (χ0n) is 25.4. The van der Waals surface area contributed by atoms with E-state index >= 15 is 0 Å². The molecule has 0 bridgehead atoms. The van der Waals surface area contributed by atoms with Crippen molar-refractivity contribution >= 4 is 32.2 Å². The van der Waals surface area contributed by atoms with Crippen molar-refractivity contribution in [3.8, 4) is 0 Å². The maximum absolute atomic E-state index is 12.1. The van der Waals surface area contributed by atoms with E-state index in [1.54, 1.807) is 0 Å². The molecule has 2 heterocycles. The Balaban J connectivity index is 2.44. The van der Waals surface area contributed by atoms with Crippen LogP contribution < -0.4 is 0 Å². The Morgan fingerprint density at radius 3 is 1.71 bits per heavy atom. The van der Waals surface area contributed by atoms with E-state index in [1.807, 2.05) is 33.9 Å². The van der Waals surface area contributed by atoms with Gasteiger partial charge in [0, 0.05) is 27.7 Å². The lowest BCUT2D eigenvalue weighted by atomic mass is 9.96. The Bertz CT molecular complexity index is 966. The second kappa shape index (κ2) is 14.5. The lowest BCUT2D eigenvalue weighted by Crippen LogP contribution is -2.66. The first-order chi connectivity index (χ1) is 19.2. The van der Waals surface area contributed by atoms with Crippen molar-refractivity contribution in [3.05, 3.63) is 0 Å². The largest absolute Gasteiger partial charge is 0.463 e. The maximum Gasteiger partial charge on any atom is 0.303 e. The van der Waals surface area contributed by atoms with E-state index in [1.165, 1.54) is 0 Å². The van der Waals surface area contributed by atoms with Gasteiger partial charge in [0.1, 0.15) is 37.1 Å². The topological polar surface area (TPSA) is 203 Å². The van der Waals surface area contributed by atoms with Crippen molar-refractivity contribution in [2.45, 2.75) is 128 Å². The molecule has 16 heteroatoms. The summed E-state index contributed by atoms with van der Waals surface area (Å²) in [6, 6.07) is 0. The minimum atomic E-state index is -2.31. The minimum Gasteiger partial charge on any atom is -0.463 e. The smallest absolute Gasteiger partial charge is 0.303 e. The number of hydrogen-bond donors (Lipinski definition) is 3. The monoisotopic (exact) mass is 624 g/mol. The van der Waals surface area contributed by atoms with Gasteiger partial charge in [-0.05, 0) is 18.1 Å². The van der Waals surface area contributed by atoms with Crippen LogP contribution in [0.1, 0.15) is 48.5 Å². The molecule has 242 valence electrons. The van der Waals surface area contributed by atoms with Gasteiger partial charge >= 0.3 is 23.9 Å². The molecule has 0 aromatic rings. The summed E-state index contributed by atoms with van der Waals surface area (Å²) < 4.78 is 44.4. The summed E-state index contributed by atoms with van der Waals surface area (Å²) in [6.45, 7) is 13.7. The van der Waals surface area contributed by atoms with Gasteiger partial charge in [-0.3, -0.25) is 19.2 Å². The Labute approximate surface area is 245 Å². The molecule has 0 aliphatic carbocycles. The van der Waals surface area contributed by atoms with Gasteiger partial charge in [-0.2, -0.15) is 0 Å². The number of esters is 4. The zero-order chi connectivity index (χ0) is 32.2. The van der Waals surface area contributed by atoms with Gasteiger partial charge in [0.05, 0.1) is 6.61 Å². The van der Waals surface area contributed by atoms with Crippen molar-refractivity contribution in [1.29, 1.82) is 0 Å². The van der Waals surface area contributed by atoms with Crippen LogP contribution in [0.5, 0.6) is 0 Å². The molecule has 2 aliphatic heterocycles. The Morgan fingerprint density at radius 1 is 0.690 bits per heavy atom. The quantitative estimate of drug-likeness (QED) is 0.165. The molecule has 10 atom stereocenters. The second-order valence-corrected chi connectivity index (χ2v) is 16.6. The van der Waals surface area contributed by atoms with E-state index in [-0.39, 0.29) is 11.6 Å². The SMILES string of the molecule is CC(=O)OCC1O[C@@H](OC2C(O)[C@H](O)OC(CO[Si](C)(C)C(C)(C)C)[C@@H]2O)C(OC(C)=O)C(OC(C)=O)[C@@H]1OC(C)=O.